The Hall–Kier alpha value is -2.33. The van der Waals surface area contributed by atoms with Gasteiger partial charge in [0.1, 0.15) is 0 Å². The quantitative estimate of drug-likeness (QED) is 0.686. The largest absolute Gasteiger partial charge is 0.286 e. The van der Waals surface area contributed by atoms with Crippen molar-refractivity contribution in [2.45, 2.75) is 6.92 Å². The van der Waals surface area contributed by atoms with Gasteiger partial charge in [-0.1, -0.05) is 60.2 Å². The summed E-state index contributed by atoms with van der Waals surface area (Å²) >= 11 is 1.14. The van der Waals surface area contributed by atoms with Crippen molar-refractivity contribution in [3.63, 3.8) is 0 Å². The van der Waals surface area contributed by atoms with E-state index in [1.807, 2.05) is 49.4 Å². The number of benzene rings is 2. The molecule has 1 heterocycles. The summed E-state index contributed by atoms with van der Waals surface area (Å²) in [6.07, 6.45) is 0. The van der Waals surface area contributed by atoms with Gasteiger partial charge in [0.05, 0.1) is 0 Å². The van der Waals surface area contributed by atoms with E-state index in [2.05, 4.69) is 9.36 Å². The number of aromatic nitrogens is 2. The Balaban J connectivity index is 1.91. The van der Waals surface area contributed by atoms with Gasteiger partial charge in [0, 0.05) is 11.1 Å². The van der Waals surface area contributed by atoms with Gasteiger partial charge in [-0.15, -0.1) is 0 Å². The number of aryl methyl sites for hydroxylation is 1. The minimum atomic E-state index is -0.0820. The van der Waals surface area contributed by atoms with E-state index in [1.165, 1.54) is 5.56 Å². The van der Waals surface area contributed by atoms with Gasteiger partial charge in [-0.2, -0.15) is 4.37 Å². The standard InChI is InChI=1S/C16H12N2OS/c1-11-7-9-13(10-8-11)15-17-16(20-18-15)14(19)12-5-3-2-4-6-12/h2-10H,1H3. The number of nitrogens with zero attached hydrogens (tertiary/aromatic N) is 2. The second-order valence-corrected chi connectivity index (χ2v) is 5.24. The summed E-state index contributed by atoms with van der Waals surface area (Å²) < 4.78 is 4.27. The second kappa shape index (κ2) is 5.35. The molecule has 3 aromatic rings. The lowest BCUT2D eigenvalue weighted by molar-refractivity contribution is 0.103. The molecular formula is C16H12N2OS. The van der Waals surface area contributed by atoms with Crippen molar-refractivity contribution < 1.29 is 4.79 Å². The Morgan fingerprint density at radius 2 is 1.70 bits per heavy atom. The van der Waals surface area contributed by atoms with E-state index in [1.54, 1.807) is 12.1 Å². The molecule has 0 atom stereocenters. The number of hydrogen-bond donors (Lipinski definition) is 0. The van der Waals surface area contributed by atoms with Crippen LogP contribution in [0.3, 0.4) is 0 Å². The Kier molecular flexibility index (Phi) is 3.39. The monoisotopic (exact) mass is 280 g/mol. The topological polar surface area (TPSA) is 42.9 Å². The molecule has 0 unspecified atom stereocenters. The van der Waals surface area contributed by atoms with Crippen molar-refractivity contribution in [3.05, 3.63) is 70.7 Å². The zero-order chi connectivity index (χ0) is 13.9. The van der Waals surface area contributed by atoms with Crippen LogP contribution in [0, 0.1) is 6.92 Å². The molecule has 2 aromatic carbocycles. The van der Waals surface area contributed by atoms with Crippen molar-refractivity contribution in [1.82, 2.24) is 9.36 Å². The van der Waals surface area contributed by atoms with E-state index in [-0.39, 0.29) is 5.78 Å². The normalized spacial score (nSPS) is 10.4. The SMILES string of the molecule is Cc1ccc(-c2nsc(C(=O)c3ccccc3)n2)cc1. The molecule has 0 spiro atoms. The van der Waals surface area contributed by atoms with Gasteiger partial charge in [-0.3, -0.25) is 4.79 Å². The second-order valence-electron chi connectivity index (χ2n) is 4.48. The third kappa shape index (κ3) is 2.51. The highest BCUT2D eigenvalue weighted by Crippen LogP contribution is 2.20. The third-order valence-electron chi connectivity index (χ3n) is 2.97. The van der Waals surface area contributed by atoms with Crippen molar-refractivity contribution in [2.24, 2.45) is 0 Å². The maximum absolute atomic E-state index is 12.3. The fraction of sp³-hybridized carbons (Fsp3) is 0.0625. The van der Waals surface area contributed by atoms with E-state index in [4.69, 9.17) is 0 Å². The van der Waals surface area contributed by atoms with Crippen LogP contribution in [-0.2, 0) is 0 Å². The predicted octanol–water partition coefficient (Wildman–Crippen LogP) is 3.74. The minimum Gasteiger partial charge on any atom is -0.286 e. The fourth-order valence-corrected chi connectivity index (χ4v) is 2.50. The number of ketones is 1. The van der Waals surface area contributed by atoms with E-state index < -0.39 is 0 Å². The van der Waals surface area contributed by atoms with Crippen molar-refractivity contribution in [1.29, 1.82) is 0 Å². The molecule has 0 fully saturated rings. The molecule has 0 aliphatic heterocycles. The average Bonchev–Trinajstić information content (AvgIpc) is 2.98. The summed E-state index contributed by atoms with van der Waals surface area (Å²) in [6, 6.07) is 17.1. The van der Waals surface area contributed by atoms with Gasteiger partial charge in [-0.25, -0.2) is 4.98 Å². The molecule has 0 aliphatic rings. The molecular weight excluding hydrogens is 268 g/mol. The van der Waals surface area contributed by atoms with Crippen LogP contribution in [0.1, 0.15) is 20.9 Å². The van der Waals surface area contributed by atoms with Crippen LogP contribution in [-0.4, -0.2) is 15.1 Å². The van der Waals surface area contributed by atoms with Gasteiger partial charge in [0.25, 0.3) is 0 Å². The highest BCUT2D eigenvalue weighted by molar-refractivity contribution is 7.08. The number of hydrogen-bond acceptors (Lipinski definition) is 4. The minimum absolute atomic E-state index is 0.0820. The van der Waals surface area contributed by atoms with Gasteiger partial charge < -0.3 is 0 Å². The molecule has 1 aromatic heterocycles. The van der Waals surface area contributed by atoms with E-state index in [0.717, 1.165) is 17.1 Å². The zero-order valence-electron chi connectivity index (χ0n) is 10.9. The number of carbonyl (C=O) groups excluding carboxylic acids is 1. The molecule has 0 aliphatic carbocycles. The Labute approximate surface area is 121 Å². The lowest BCUT2D eigenvalue weighted by Crippen LogP contribution is -1.99. The van der Waals surface area contributed by atoms with Crippen LogP contribution in [0.15, 0.2) is 54.6 Å². The highest BCUT2D eigenvalue weighted by Gasteiger charge is 2.15. The molecule has 98 valence electrons. The van der Waals surface area contributed by atoms with Crippen molar-refractivity contribution >= 4 is 17.3 Å². The average molecular weight is 280 g/mol. The molecule has 3 rings (SSSR count). The first-order chi connectivity index (χ1) is 9.74. The zero-order valence-corrected chi connectivity index (χ0v) is 11.7. The molecule has 0 saturated carbocycles. The molecule has 0 radical (unpaired) electrons. The van der Waals surface area contributed by atoms with Crippen LogP contribution in [0.25, 0.3) is 11.4 Å². The molecule has 4 heteroatoms. The summed E-state index contributed by atoms with van der Waals surface area (Å²) in [5, 5.41) is 0.423. The molecule has 0 N–H and O–H groups in total. The Morgan fingerprint density at radius 1 is 1.00 bits per heavy atom. The van der Waals surface area contributed by atoms with Crippen LogP contribution >= 0.6 is 11.5 Å². The molecule has 0 amide bonds. The summed E-state index contributed by atoms with van der Waals surface area (Å²) in [4.78, 5) is 16.6. The van der Waals surface area contributed by atoms with E-state index in [9.17, 15) is 4.79 Å². The van der Waals surface area contributed by atoms with E-state index in [0.29, 0.717) is 16.4 Å². The first kappa shape index (κ1) is 12.7. The van der Waals surface area contributed by atoms with Crippen molar-refractivity contribution in [2.75, 3.05) is 0 Å². The maximum Gasteiger partial charge on any atom is 0.223 e. The van der Waals surface area contributed by atoms with Gasteiger partial charge in [-0.05, 0) is 18.5 Å². The number of rotatable bonds is 3. The molecule has 3 nitrogen and oxygen atoms in total. The summed E-state index contributed by atoms with van der Waals surface area (Å²) in [7, 11) is 0. The number of carbonyl (C=O) groups is 1. The van der Waals surface area contributed by atoms with Crippen LogP contribution in [0.2, 0.25) is 0 Å². The molecule has 0 bridgehead atoms. The van der Waals surface area contributed by atoms with E-state index >= 15 is 0 Å². The Morgan fingerprint density at radius 3 is 2.40 bits per heavy atom. The molecule has 20 heavy (non-hydrogen) atoms. The van der Waals surface area contributed by atoms with Gasteiger partial charge >= 0.3 is 0 Å². The molecule has 0 saturated heterocycles. The summed E-state index contributed by atoms with van der Waals surface area (Å²) in [5.74, 6) is 0.524. The maximum atomic E-state index is 12.3. The van der Waals surface area contributed by atoms with Gasteiger partial charge in [0.2, 0.25) is 5.78 Å². The van der Waals surface area contributed by atoms with Gasteiger partial charge in [0.15, 0.2) is 10.8 Å². The lowest BCUT2D eigenvalue weighted by Gasteiger charge is -1.96. The lowest BCUT2D eigenvalue weighted by atomic mass is 10.1. The van der Waals surface area contributed by atoms with Crippen LogP contribution in [0.5, 0.6) is 0 Å². The van der Waals surface area contributed by atoms with Crippen LogP contribution < -0.4 is 0 Å². The fourth-order valence-electron chi connectivity index (χ4n) is 1.85. The Bertz CT molecular complexity index is 733. The van der Waals surface area contributed by atoms with Crippen molar-refractivity contribution in [3.8, 4) is 11.4 Å². The summed E-state index contributed by atoms with van der Waals surface area (Å²) in [5.41, 5.74) is 2.75. The first-order valence-corrected chi connectivity index (χ1v) is 7.02. The first-order valence-electron chi connectivity index (χ1n) is 6.24. The highest BCUT2D eigenvalue weighted by atomic mass is 32.1. The third-order valence-corrected chi connectivity index (χ3v) is 3.68. The predicted molar refractivity (Wildman–Crippen MR) is 80.0 cm³/mol. The smallest absolute Gasteiger partial charge is 0.223 e. The van der Waals surface area contributed by atoms with Crippen LogP contribution in [0.4, 0.5) is 0 Å². The summed E-state index contributed by atoms with van der Waals surface area (Å²) in [6.45, 7) is 2.03.